The summed E-state index contributed by atoms with van der Waals surface area (Å²) >= 11 is 1.55. The summed E-state index contributed by atoms with van der Waals surface area (Å²) in [6, 6.07) is 16.7. The average molecular weight is 382 g/mol. The zero-order valence-electron chi connectivity index (χ0n) is 14.8. The topological polar surface area (TPSA) is 90.1 Å². The SMILES string of the molecule is Cc1c([N+](=O)[O-])cnn1C(C)C(=O)Nc1ccccc1Sc1ccccc1. The van der Waals surface area contributed by atoms with Crippen molar-refractivity contribution in [1.29, 1.82) is 0 Å². The van der Waals surface area contributed by atoms with E-state index in [1.54, 1.807) is 25.6 Å². The molecule has 7 nitrogen and oxygen atoms in total. The maximum atomic E-state index is 12.7. The van der Waals surface area contributed by atoms with Crippen molar-refractivity contribution in [2.45, 2.75) is 29.7 Å². The summed E-state index contributed by atoms with van der Waals surface area (Å²) in [5.41, 5.74) is 0.923. The Morgan fingerprint density at radius 1 is 1.19 bits per heavy atom. The number of hydrogen-bond acceptors (Lipinski definition) is 5. The lowest BCUT2D eigenvalue weighted by atomic mass is 10.2. The summed E-state index contributed by atoms with van der Waals surface area (Å²) in [6.45, 7) is 3.24. The third-order valence-electron chi connectivity index (χ3n) is 4.08. The van der Waals surface area contributed by atoms with Crippen LogP contribution in [-0.4, -0.2) is 20.6 Å². The molecule has 0 spiro atoms. The second-order valence-corrected chi connectivity index (χ2v) is 7.01. The maximum Gasteiger partial charge on any atom is 0.309 e. The molecule has 1 aromatic heterocycles. The van der Waals surface area contributed by atoms with Gasteiger partial charge in [0.2, 0.25) is 5.91 Å². The monoisotopic (exact) mass is 382 g/mol. The Kier molecular flexibility index (Phi) is 5.56. The van der Waals surface area contributed by atoms with Crippen molar-refractivity contribution in [2.24, 2.45) is 0 Å². The van der Waals surface area contributed by atoms with E-state index in [4.69, 9.17) is 0 Å². The van der Waals surface area contributed by atoms with Crippen LogP contribution in [0.4, 0.5) is 11.4 Å². The smallest absolute Gasteiger partial charge is 0.309 e. The summed E-state index contributed by atoms with van der Waals surface area (Å²) in [5, 5.41) is 17.9. The highest BCUT2D eigenvalue weighted by atomic mass is 32.2. The summed E-state index contributed by atoms with van der Waals surface area (Å²) in [6.07, 6.45) is 1.16. The minimum Gasteiger partial charge on any atom is -0.323 e. The Hall–Kier alpha value is -3.13. The van der Waals surface area contributed by atoms with E-state index in [1.165, 1.54) is 4.68 Å². The number of rotatable bonds is 6. The molecule has 0 saturated carbocycles. The highest BCUT2D eigenvalue weighted by molar-refractivity contribution is 7.99. The van der Waals surface area contributed by atoms with E-state index < -0.39 is 11.0 Å². The molecule has 1 amide bonds. The molecule has 8 heteroatoms. The van der Waals surface area contributed by atoms with Gasteiger partial charge < -0.3 is 5.32 Å². The fourth-order valence-corrected chi connectivity index (χ4v) is 3.53. The Morgan fingerprint density at radius 2 is 1.85 bits per heavy atom. The number of nitrogens with zero attached hydrogens (tertiary/aromatic N) is 3. The van der Waals surface area contributed by atoms with Gasteiger partial charge in [-0.05, 0) is 38.1 Å². The molecule has 1 unspecified atom stereocenters. The molecule has 1 N–H and O–H groups in total. The van der Waals surface area contributed by atoms with Crippen LogP contribution < -0.4 is 5.32 Å². The highest BCUT2D eigenvalue weighted by Crippen LogP contribution is 2.33. The normalized spacial score (nSPS) is 11.8. The first-order valence-corrected chi connectivity index (χ1v) is 9.10. The Balaban J connectivity index is 1.79. The molecule has 138 valence electrons. The van der Waals surface area contributed by atoms with Crippen LogP contribution in [0.5, 0.6) is 0 Å². The number of carbonyl (C=O) groups is 1. The minimum atomic E-state index is -0.687. The standard InChI is InChI=1S/C19H18N4O3S/c1-13-17(23(25)26)12-20-22(13)14(2)19(24)21-16-10-6-7-11-18(16)27-15-8-4-3-5-9-15/h3-12,14H,1-2H3,(H,21,24). The zero-order valence-corrected chi connectivity index (χ0v) is 15.6. The number of hydrogen-bond donors (Lipinski definition) is 1. The van der Waals surface area contributed by atoms with Crippen LogP contribution in [0.15, 0.2) is 70.6 Å². The van der Waals surface area contributed by atoms with Gasteiger partial charge in [-0.1, -0.05) is 42.1 Å². The van der Waals surface area contributed by atoms with E-state index in [0.717, 1.165) is 16.0 Å². The molecule has 0 saturated heterocycles. The number of aromatic nitrogens is 2. The Labute approximate surface area is 160 Å². The molecule has 0 fully saturated rings. The summed E-state index contributed by atoms with van der Waals surface area (Å²) in [5.74, 6) is -0.294. The van der Waals surface area contributed by atoms with E-state index in [9.17, 15) is 14.9 Å². The number of carbonyl (C=O) groups excluding carboxylic acids is 1. The fraction of sp³-hybridized carbons (Fsp3) is 0.158. The molecule has 0 bridgehead atoms. The first-order chi connectivity index (χ1) is 13.0. The zero-order chi connectivity index (χ0) is 19.4. The number of nitrogens with one attached hydrogen (secondary N) is 1. The number of amides is 1. The molecule has 1 heterocycles. The molecular weight excluding hydrogens is 364 g/mol. The van der Waals surface area contributed by atoms with Crippen LogP contribution in [0.25, 0.3) is 0 Å². The number of anilines is 1. The number of para-hydroxylation sites is 1. The average Bonchev–Trinajstić information content (AvgIpc) is 3.05. The second kappa shape index (κ2) is 8.05. The molecular formula is C19H18N4O3S. The molecule has 2 aromatic carbocycles. The predicted molar refractivity (Wildman–Crippen MR) is 104 cm³/mol. The van der Waals surface area contributed by atoms with Gasteiger partial charge in [0.05, 0.1) is 10.6 Å². The van der Waals surface area contributed by atoms with Crippen molar-refractivity contribution in [1.82, 2.24) is 9.78 Å². The molecule has 1 atom stereocenters. The molecule has 0 aliphatic carbocycles. The lowest BCUT2D eigenvalue weighted by Gasteiger charge is -2.16. The van der Waals surface area contributed by atoms with Gasteiger partial charge in [-0.15, -0.1) is 0 Å². The number of benzene rings is 2. The molecule has 27 heavy (non-hydrogen) atoms. The Bertz CT molecular complexity index is 972. The minimum absolute atomic E-state index is 0.102. The summed E-state index contributed by atoms with van der Waals surface area (Å²) in [7, 11) is 0. The van der Waals surface area contributed by atoms with E-state index >= 15 is 0 Å². The van der Waals surface area contributed by atoms with E-state index in [2.05, 4.69) is 10.4 Å². The first-order valence-electron chi connectivity index (χ1n) is 8.28. The van der Waals surface area contributed by atoms with Gasteiger partial charge in [0, 0.05) is 9.79 Å². The summed E-state index contributed by atoms with van der Waals surface area (Å²) in [4.78, 5) is 25.1. The van der Waals surface area contributed by atoms with E-state index in [-0.39, 0.29) is 11.6 Å². The predicted octanol–water partition coefficient (Wildman–Crippen LogP) is 4.45. The Morgan fingerprint density at radius 3 is 2.52 bits per heavy atom. The van der Waals surface area contributed by atoms with Crippen LogP contribution in [0.2, 0.25) is 0 Å². The fourth-order valence-electron chi connectivity index (χ4n) is 2.61. The van der Waals surface area contributed by atoms with Crippen LogP contribution >= 0.6 is 11.8 Å². The van der Waals surface area contributed by atoms with Crippen LogP contribution in [0.3, 0.4) is 0 Å². The summed E-state index contributed by atoms with van der Waals surface area (Å²) < 4.78 is 1.36. The second-order valence-electron chi connectivity index (χ2n) is 5.89. The highest BCUT2D eigenvalue weighted by Gasteiger charge is 2.24. The lowest BCUT2D eigenvalue weighted by Crippen LogP contribution is -2.25. The van der Waals surface area contributed by atoms with Gasteiger partial charge in [-0.3, -0.25) is 19.6 Å². The van der Waals surface area contributed by atoms with E-state index in [1.807, 2.05) is 54.6 Å². The van der Waals surface area contributed by atoms with Crippen molar-refractivity contribution >= 4 is 29.0 Å². The van der Waals surface area contributed by atoms with Crippen LogP contribution in [-0.2, 0) is 4.79 Å². The van der Waals surface area contributed by atoms with Gasteiger partial charge in [0.25, 0.3) is 0 Å². The third-order valence-corrected chi connectivity index (χ3v) is 5.16. The van der Waals surface area contributed by atoms with Gasteiger partial charge in [-0.25, -0.2) is 0 Å². The van der Waals surface area contributed by atoms with Crippen molar-refractivity contribution < 1.29 is 9.72 Å². The van der Waals surface area contributed by atoms with Crippen molar-refractivity contribution in [3.63, 3.8) is 0 Å². The molecule has 0 aliphatic rings. The van der Waals surface area contributed by atoms with Crippen molar-refractivity contribution in [3.8, 4) is 0 Å². The van der Waals surface area contributed by atoms with Gasteiger partial charge in [0.1, 0.15) is 17.9 Å². The van der Waals surface area contributed by atoms with Crippen molar-refractivity contribution in [2.75, 3.05) is 5.32 Å². The van der Waals surface area contributed by atoms with Crippen LogP contribution in [0, 0.1) is 17.0 Å². The third kappa shape index (κ3) is 4.17. The molecule has 0 aliphatic heterocycles. The van der Waals surface area contributed by atoms with Gasteiger partial charge in [-0.2, -0.15) is 5.10 Å². The van der Waals surface area contributed by atoms with Crippen molar-refractivity contribution in [3.05, 3.63) is 76.6 Å². The quantitative estimate of drug-likeness (QED) is 0.502. The molecule has 3 aromatic rings. The largest absolute Gasteiger partial charge is 0.323 e. The molecule has 3 rings (SSSR count). The number of nitro groups is 1. The van der Waals surface area contributed by atoms with Gasteiger partial charge in [0.15, 0.2) is 0 Å². The van der Waals surface area contributed by atoms with E-state index in [0.29, 0.717) is 11.4 Å². The van der Waals surface area contributed by atoms with Gasteiger partial charge >= 0.3 is 5.69 Å². The molecule has 0 radical (unpaired) electrons. The lowest BCUT2D eigenvalue weighted by molar-refractivity contribution is -0.385. The first kappa shape index (κ1) is 18.7. The van der Waals surface area contributed by atoms with Crippen LogP contribution in [0.1, 0.15) is 18.7 Å². The maximum absolute atomic E-state index is 12.7.